The van der Waals surface area contributed by atoms with E-state index < -0.39 is 0 Å². The maximum atomic E-state index is 13.0. The molecule has 1 saturated heterocycles. The Bertz CT molecular complexity index is 1070. The molecule has 0 bridgehead atoms. The van der Waals surface area contributed by atoms with Crippen molar-refractivity contribution in [2.45, 2.75) is 25.8 Å². The second-order valence-corrected chi connectivity index (χ2v) is 7.75. The molecule has 2 amide bonds. The number of nitrogens with two attached hydrogens (primary N) is 1. The highest BCUT2D eigenvalue weighted by molar-refractivity contribution is 6.00. The Kier molecular flexibility index (Phi) is 6.13. The van der Waals surface area contributed by atoms with Crippen molar-refractivity contribution in [1.29, 1.82) is 0 Å². The Balaban J connectivity index is 1.65. The zero-order chi connectivity index (χ0) is 21.8. The number of benzene rings is 1. The molecule has 9 heteroatoms. The van der Waals surface area contributed by atoms with Gasteiger partial charge in [-0.2, -0.15) is 0 Å². The van der Waals surface area contributed by atoms with Crippen molar-refractivity contribution >= 4 is 28.7 Å². The lowest BCUT2D eigenvalue weighted by Crippen LogP contribution is -2.42. The summed E-state index contributed by atoms with van der Waals surface area (Å²) in [5.41, 5.74) is 7.92. The van der Waals surface area contributed by atoms with Crippen molar-refractivity contribution in [2.75, 3.05) is 31.5 Å². The van der Waals surface area contributed by atoms with Crippen molar-refractivity contribution in [3.8, 4) is 11.4 Å². The zero-order valence-corrected chi connectivity index (χ0v) is 17.5. The largest absolute Gasteiger partial charge is 0.368 e. The van der Waals surface area contributed by atoms with E-state index >= 15 is 0 Å². The van der Waals surface area contributed by atoms with Crippen LogP contribution < -0.4 is 16.4 Å². The molecule has 0 aliphatic carbocycles. The Hall–Kier alpha value is -3.46. The molecule has 0 saturated carbocycles. The SMILES string of the molecule is CC(=O)NCCNc1nc(-c2ccccc2)nc2[nH]c(C(=O)N3CCC(N)CC3)cc12. The van der Waals surface area contributed by atoms with E-state index in [1.54, 1.807) is 6.07 Å². The molecule has 5 N–H and O–H groups in total. The number of aromatic nitrogens is 3. The number of amides is 2. The number of hydrogen-bond acceptors (Lipinski definition) is 6. The molecule has 1 aliphatic heterocycles. The van der Waals surface area contributed by atoms with Gasteiger partial charge in [0.25, 0.3) is 5.91 Å². The van der Waals surface area contributed by atoms with Gasteiger partial charge in [-0.15, -0.1) is 0 Å². The zero-order valence-electron chi connectivity index (χ0n) is 17.5. The van der Waals surface area contributed by atoms with Gasteiger partial charge in [-0.05, 0) is 18.9 Å². The van der Waals surface area contributed by atoms with Gasteiger partial charge in [0.05, 0.1) is 5.39 Å². The van der Waals surface area contributed by atoms with E-state index in [-0.39, 0.29) is 17.9 Å². The number of nitrogens with one attached hydrogen (secondary N) is 3. The van der Waals surface area contributed by atoms with Gasteiger partial charge in [0.2, 0.25) is 5.91 Å². The van der Waals surface area contributed by atoms with E-state index in [4.69, 9.17) is 5.73 Å². The normalized spacial score (nSPS) is 14.6. The third-order valence-corrected chi connectivity index (χ3v) is 5.37. The number of H-pyrrole nitrogens is 1. The molecule has 0 radical (unpaired) electrons. The van der Waals surface area contributed by atoms with Crippen molar-refractivity contribution in [3.05, 3.63) is 42.1 Å². The van der Waals surface area contributed by atoms with E-state index in [0.717, 1.165) is 23.8 Å². The Morgan fingerprint density at radius 3 is 2.61 bits per heavy atom. The van der Waals surface area contributed by atoms with Gasteiger partial charge in [-0.1, -0.05) is 30.3 Å². The summed E-state index contributed by atoms with van der Waals surface area (Å²) in [7, 11) is 0. The van der Waals surface area contributed by atoms with Gasteiger partial charge in [0, 0.05) is 44.7 Å². The highest BCUT2D eigenvalue weighted by atomic mass is 16.2. The molecule has 1 fully saturated rings. The molecule has 9 nitrogen and oxygen atoms in total. The molecule has 0 atom stereocenters. The number of fused-ring (bicyclic) bond motifs is 1. The molecule has 31 heavy (non-hydrogen) atoms. The summed E-state index contributed by atoms with van der Waals surface area (Å²) in [4.78, 5) is 38.5. The van der Waals surface area contributed by atoms with Crippen LogP contribution in [0.2, 0.25) is 0 Å². The first-order chi connectivity index (χ1) is 15.0. The van der Waals surface area contributed by atoms with E-state index in [1.807, 2.05) is 35.2 Å². The summed E-state index contributed by atoms with van der Waals surface area (Å²) in [6.07, 6.45) is 1.61. The molecule has 4 rings (SSSR count). The van der Waals surface area contributed by atoms with Gasteiger partial charge in [0.1, 0.15) is 17.2 Å². The van der Waals surface area contributed by atoms with Crippen LogP contribution in [0.5, 0.6) is 0 Å². The number of hydrogen-bond donors (Lipinski definition) is 4. The van der Waals surface area contributed by atoms with E-state index in [2.05, 4.69) is 25.6 Å². The molecular weight excluding hydrogens is 394 g/mol. The van der Waals surface area contributed by atoms with Crippen molar-refractivity contribution < 1.29 is 9.59 Å². The summed E-state index contributed by atoms with van der Waals surface area (Å²) in [6.45, 7) is 3.74. The number of anilines is 1. The minimum atomic E-state index is -0.0876. The summed E-state index contributed by atoms with van der Waals surface area (Å²) < 4.78 is 0. The number of aromatic amines is 1. The molecule has 1 aromatic carbocycles. The van der Waals surface area contributed by atoms with Gasteiger partial charge < -0.3 is 26.3 Å². The van der Waals surface area contributed by atoms with Crippen LogP contribution in [0.1, 0.15) is 30.3 Å². The molecule has 0 unspecified atom stereocenters. The number of likely N-dealkylation sites (tertiary alicyclic amines) is 1. The molecule has 3 heterocycles. The molecule has 0 spiro atoms. The first-order valence-corrected chi connectivity index (χ1v) is 10.5. The lowest BCUT2D eigenvalue weighted by Gasteiger charge is -2.29. The Labute approximate surface area is 180 Å². The number of piperidine rings is 1. The molecule has 1 aliphatic rings. The van der Waals surface area contributed by atoms with Gasteiger partial charge in [-0.25, -0.2) is 9.97 Å². The van der Waals surface area contributed by atoms with Gasteiger partial charge in [0.15, 0.2) is 5.82 Å². The molecule has 2 aromatic heterocycles. The summed E-state index contributed by atoms with van der Waals surface area (Å²) in [5, 5.41) is 6.76. The predicted octanol–water partition coefficient (Wildman–Crippen LogP) is 1.74. The monoisotopic (exact) mass is 421 g/mol. The van der Waals surface area contributed by atoms with E-state index in [9.17, 15) is 9.59 Å². The molecule has 3 aromatic rings. The van der Waals surface area contributed by atoms with Crippen LogP contribution in [0.25, 0.3) is 22.4 Å². The van der Waals surface area contributed by atoms with Crippen molar-refractivity contribution in [2.24, 2.45) is 5.73 Å². The maximum absolute atomic E-state index is 13.0. The van der Waals surface area contributed by atoms with Crippen molar-refractivity contribution in [1.82, 2.24) is 25.2 Å². The smallest absolute Gasteiger partial charge is 0.270 e. The van der Waals surface area contributed by atoms with Crippen LogP contribution in [-0.2, 0) is 4.79 Å². The third-order valence-electron chi connectivity index (χ3n) is 5.37. The summed E-state index contributed by atoms with van der Waals surface area (Å²) >= 11 is 0. The lowest BCUT2D eigenvalue weighted by molar-refractivity contribution is -0.118. The fourth-order valence-electron chi connectivity index (χ4n) is 3.67. The average molecular weight is 422 g/mol. The third kappa shape index (κ3) is 4.83. The summed E-state index contributed by atoms with van der Waals surface area (Å²) in [5.74, 6) is 1.02. The number of nitrogens with zero attached hydrogens (tertiary/aromatic N) is 3. The molecular formula is C22H27N7O2. The second kappa shape index (κ2) is 9.13. The average Bonchev–Trinajstić information content (AvgIpc) is 3.21. The first kappa shape index (κ1) is 20.8. The predicted molar refractivity (Wildman–Crippen MR) is 120 cm³/mol. The minimum Gasteiger partial charge on any atom is -0.368 e. The van der Waals surface area contributed by atoms with Crippen LogP contribution in [0.15, 0.2) is 36.4 Å². The quantitative estimate of drug-likeness (QED) is 0.449. The first-order valence-electron chi connectivity index (χ1n) is 10.5. The number of carbonyl (C=O) groups is 2. The van der Waals surface area contributed by atoms with Crippen LogP contribution in [0.4, 0.5) is 5.82 Å². The highest BCUT2D eigenvalue weighted by Crippen LogP contribution is 2.26. The fourth-order valence-corrected chi connectivity index (χ4v) is 3.67. The lowest BCUT2D eigenvalue weighted by atomic mass is 10.1. The fraction of sp³-hybridized carbons (Fsp3) is 0.364. The Morgan fingerprint density at radius 2 is 1.90 bits per heavy atom. The van der Waals surface area contributed by atoms with Crippen LogP contribution in [0, 0.1) is 0 Å². The van der Waals surface area contributed by atoms with Crippen LogP contribution in [-0.4, -0.2) is 63.9 Å². The molecule has 162 valence electrons. The van der Waals surface area contributed by atoms with Crippen LogP contribution in [0.3, 0.4) is 0 Å². The van der Waals surface area contributed by atoms with E-state index in [0.29, 0.717) is 49.2 Å². The standard InChI is InChI=1S/C22H27N7O2/c1-14(30)24-9-10-25-20-17-13-18(22(31)29-11-7-16(23)8-12-29)26-21(17)28-19(27-20)15-5-3-2-4-6-15/h2-6,13,16H,7-12,23H2,1H3,(H,24,30)(H2,25,26,27,28). The topological polar surface area (TPSA) is 129 Å². The summed E-state index contributed by atoms with van der Waals surface area (Å²) in [6, 6.07) is 11.6. The van der Waals surface area contributed by atoms with Gasteiger partial charge in [-0.3, -0.25) is 9.59 Å². The highest BCUT2D eigenvalue weighted by Gasteiger charge is 2.24. The van der Waals surface area contributed by atoms with E-state index in [1.165, 1.54) is 6.92 Å². The maximum Gasteiger partial charge on any atom is 0.270 e. The van der Waals surface area contributed by atoms with Crippen molar-refractivity contribution in [3.63, 3.8) is 0 Å². The number of rotatable bonds is 6. The minimum absolute atomic E-state index is 0.0599. The number of carbonyl (C=O) groups excluding carboxylic acids is 2. The second-order valence-electron chi connectivity index (χ2n) is 7.75. The van der Waals surface area contributed by atoms with Crippen LogP contribution >= 0.6 is 0 Å². The van der Waals surface area contributed by atoms with Gasteiger partial charge >= 0.3 is 0 Å². The Morgan fingerprint density at radius 1 is 1.16 bits per heavy atom.